The summed E-state index contributed by atoms with van der Waals surface area (Å²) in [6.45, 7) is 0.0270. The molecule has 3 heterocycles. The van der Waals surface area contributed by atoms with Crippen LogP contribution in [0.5, 0.6) is 5.75 Å². The zero-order chi connectivity index (χ0) is 20.7. The summed E-state index contributed by atoms with van der Waals surface area (Å²) < 4.78 is 7.38. The number of hydrogen-bond donors (Lipinski definition) is 1. The summed E-state index contributed by atoms with van der Waals surface area (Å²) in [6.07, 6.45) is 2.17. The van der Waals surface area contributed by atoms with Crippen molar-refractivity contribution < 1.29 is 14.3 Å². The van der Waals surface area contributed by atoms with Gasteiger partial charge in [0.25, 0.3) is 5.91 Å². The summed E-state index contributed by atoms with van der Waals surface area (Å²) in [6, 6.07) is 15.2. The van der Waals surface area contributed by atoms with Crippen molar-refractivity contribution in [1.82, 2.24) is 9.38 Å². The van der Waals surface area contributed by atoms with Gasteiger partial charge in [-0.1, -0.05) is 30.3 Å². The van der Waals surface area contributed by atoms with E-state index in [0.717, 1.165) is 21.9 Å². The minimum absolute atomic E-state index is 0.0270. The van der Waals surface area contributed by atoms with Crippen molar-refractivity contribution in [3.63, 3.8) is 0 Å². The quantitative estimate of drug-likeness (QED) is 0.549. The molecule has 0 fully saturated rings. The van der Waals surface area contributed by atoms with E-state index in [1.807, 2.05) is 46.3 Å². The van der Waals surface area contributed by atoms with Crippen LogP contribution in [0.2, 0.25) is 0 Å². The smallest absolute Gasteiger partial charge is 0.264 e. The summed E-state index contributed by atoms with van der Waals surface area (Å²) >= 11 is 1.51. The molecule has 2 amide bonds. The van der Waals surface area contributed by atoms with Crippen molar-refractivity contribution in [2.24, 2.45) is 0 Å². The summed E-state index contributed by atoms with van der Waals surface area (Å²) in [7, 11) is 1.70. The Kier molecular flexibility index (Phi) is 4.48. The molecule has 0 aliphatic carbocycles. The minimum atomic E-state index is -0.143. The van der Waals surface area contributed by atoms with Gasteiger partial charge in [0.1, 0.15) is 5.75 Å². The van der Waals surface area contributed by atoms with Gasteiger partial charge in [0.2, 0.25) is 5.91 Å². The molecule has 0 saturated carbocycles. The van der Waals surface area contributed by atoms with Crippen LogP contribution >= 0.6 is 11.3 Å². The lowest BCUT2D eigenvalue weighted by atomic mass is 10.2. The van der Waals surface area contributed by atoms with Crippen LogP contribution in [0.4, 0.5) is 11.4 Å². The van der Waals surface area contributed by atoms with Crippen molar-refractivity contribution in [2.75, 3.05) is 23.9 Å². The zero-order valence-electron chi connectivity index (χ0n) is 16.2. The number of likely N-dealkylation sites (N-methyl/N-ethyl adjacent to an activating group) is 1. The van der Waals surface area contributed by atoms with Gasteiger partial charge in [0, 0.05) is 35.6 Å². The monoisotopic (exact) mass is 418 g/mol. The average molecular weight is 418 g/mol. The number of hydrogen-bond acceptors (Lipinski definition) is 5. The van der Waals surface area contributed by atoms with E-state index in [1.165, 1.54) is 16.2 Å². The van der Waals surface area contributed by atoms with Gasteiger partial charge >= 0.3 is 0 Å². The molecule has 0 saturated heterocycles. The van der Waals surface area contributed by atoms with E-state index < -0.39 is 0 Å². The van der Waals surface area contributed by atoms with Crippen LogP contribution in [0.3, 0.4) is 0 Å². The zero-order valence-corrected chi connectivity index (χ0v) is 17.0. The molecular weight excluding hydrogens is 400 g/mol. The van der Waals surface area contributed by atoms with Crippen LogP contribution in [0.1, 0.15) is 5.69 Å². The molecule has 1 N–H and O–H groups in total. The number of rotatable bonds is 4. The second kappa shape index (κ2) is 7.31. The van der Waals surface area contributed by atoms with E-state index in [9.17, 15) is 9.59 Å². The molecule has 2 aromatic heterocycles. The van der Waals surface area contributed by atoms with E-state index in [-0.39, 0.29) is 24.8 Å². The standard InChI is InChI=1S/C22H18N4O3S/c1-25-18-9-15(7-8-19(18)29-12-21(25)28)23-20(27)10-16-13-30-22-24-17(11-26(16)22)14-5-3-2-4-6-14/h2-9,11,13H,10,12H2,1H3,(H,23,27). The Labute approximate surface area is 176 Å². The summed E-state index contributed by atoms with van der Waals surface area (Å²) in [5.41, 5.74) is 4.05. The number of nitrogens with zero attached hydrogens (tertiary/aromatic N) is 3. The van der Waals surface area contributed by atoms with Crippen LogP contribution in [0.25, 0.3) is 16.2 Å². The number of imidazole rings is 1. The first-order valence-electron chi connectivity index (χ1n) is 9.42. The Balaban J connectivity index is 1.34. The van der Waals surface area contributed by atoms with Crippen molar-refractivity contribution in [2.45, 2.75) is 6.42 Å². The maximum Gasteiger partial charge on any atom is 0.264 e. The number of fused-ring (bicyclic) bond motifs is 2. The predicted octanol–water partition coefficient (Wildman–Crippen LogP) is 3.60. The fraction of sp³-hybridized carbons (Fsp3) is 0.136. The van der Waals surface area contributed by atoms with Gasteiger partial charge in [-0.3, -0.25) is 14.0 Å². The molecule has 5 rings (SSSR count). The maximum absolute atomic E-state index is 12.7. The van der Waals surface area contributed by atoms with Crippen molar-refractivity contribution in [3.8, 4) is 17.0 Å². The Bertz CT molecular complexity index is 1260. The second-order valence-corrected chi connectivity index (χ2v) is 7.86. The number of carbonyl (C=O) groups excluding carboxylic acids is 2. The highest BCUT2D eigenvalue weighted by molar-refractivity contribution is 7.15. The van der Waals surface area contributed by atoms with Crippen LogP contribution in [-0.2, 0) is 16.0 Å². The van der Waals surface area contributed by atoms with Gasteiger partial charge in [-0.05, 0) is 18.2 Å². The van der Waals surface area contributed by atoms with E-state index in [0.29, 0.717) is 17.1 Å². The maximum atomic E-state index is 12.7. The number of carbonyl (C=O) groups is 2. The first kappa shape index (κ1) is 18.4. The summed E-state index contributed by atoms with van der Waals surface area (Å²) in [4.78, 5) is 31.5. The van der Waals surface area contributed by atoms with Gasteiger partial charge in [0.05, 0.1) is 17.8 Å². The van der Waals surface area contributed by atoms with Gasteiger partial charge in [-0.2, -0.15) is 0 Å². The number of amides is 2. The van der Waals surface area contributed by atoms with Crippen molar-refractivity contribution >= 4 is 39.5 Å². The molecule has 0 radical (unpaired) electrons. The predicted molar refractivity (Wildman–Crippen MR) is 116 cm³/mol. The molecule has 4 aromatic rings. The third-order valence-electron chi connectivity index (χ3n) is 5.02. The summed E-state index contributed by atoms with van der Waals surface area (Å²) in [5, 5.41) is 4.86. The normalized spacial score (nSPS) is 13.2. The van der Waals surface area contributed by atoms with E-state index in [2.05, 4.69) is 10.3 Å². The molecule has 2 aromatic carbocycles. The lowest BCUT2D eigenvalue weighted by Crippen LogP contribution is -2.35. The molecule has 8 heteroatoms. The lowest BCUT2D eigenvalue weighted by molar-refractivity contribution is -0.121. The molecule has 30 heavy (non-hydrogen) atoms. The molecule has 0 unspecified atom stereocenters. The first-order chi connectivity index (χ1) is 14.6. The number of anilines is 2. The fourth-order valence-electron chi connectivity index (χ4n) is 3.42. The van der Waals surface area contributed by atoms with Crippen LogP contribution in [-0.4, -0.2) is 34.9 Å². The Morgan fingerprint density at radius 1 is 1.23 bits per heavy atom. The Morgan fingerprint density at radius 3 is 2.90 bits per heavy atom. The minimum Gasteiger partial charge on any atom is -0.482 e. The van der Waals surface area contributed by atoms with Crippen molar-refractivity contribution in [3.05, 3.63) is 65.8 Å². The molecular formula is C22H18N4O3S. The number of ether oxygens (including phenoxy) is 1. The Hall–Kier alpha value is -3.65. The van der Waals surface area contributed by atoms with Crippen LogP contribution < -0.4 is 15.0 Å². The van der Waals surface area contributed by atoms with Gasteiger partial charge in [0.15, 0.2) is 11.6 Å². The highest BCUT2D eigenvalue weighted by Crippen LogP contribution is 2.33. The molecule has 1 aliphatic heterocycles. The van der Waals surface area contributed by atoms with E-state index in [1.54, 1.807) is 25.2 Å². The highest BCUT2D eigenvalue weighted by atomic mass is 32.1. The number of aromatic nitrogens is 2. The third kappa shape index (κ3) is 3.31. The van der Waals surface area contributed by atoms with Crippen LogP contribution in [0, 0.1) is 0 Å². The molecule has 7 nitrogen and oxygen atoms in total. The number of nitrogens with one attached hydrogen (secondary N) is 1. The SMILES string of the molecule is CN1C(=O)COc2ccc(NC(=O)Cc3csc4nc(-c5ccccc5)cn34)cc21. The molecule has 0 bridgehead atoms. The third-order valence-corrected chi connectivity index (χ3v) is 5.91. The molecule has 0 atom stereocenters. The van der Waals surface area contributed by atoms with E-state index >= 15 is 0 Å². The molecule has 0 spiro atoms. The number of benzene rings is 2. The van der Waals surface area contributed by atoms with Crippen LogP contribution in [0.15, 0.2) is 60.1 Å². The van der Waals surface area contributed by atoms with Gasteiger partial charge in [-0.25, -0.2) is 4.98 Å². The molecule has 150 valence electrons. The first-order valence-corrected chi connectivity index (χ1v) is 10.3. The fourth-order valence-corrected chi connectivity index (χ4v) is 4.30. The average Bonchev–Trinajstić information content (AvgIpc) is 3.34. The number of thiazole rings is 1. The van der Waals surface area contributed by atoms with Gasteiger partial charge < -0.3 is 15.0 Å². The van der Waals surface area contributed by atoms with E-state index in [4.69, 9.17) is 4.74 Å². The van der Waals surface area contributed by atoms with Crippen molar-refractivity contribution in [1.29, 1.82) is 0 Å². The molecule has 1 aliphatic rings. The highest BCUT2D eigenvalue weighted by Gasteiger charge is 2.22. The summed E-state index contributed by atoms with van der Waals surface area (Å²) in [5.74, 6) is 0.359. The Morgan fingerprint density at radius 2 is 2.07 bits per heavy atom. The second-order valence-electron chi connectivity index (χ2n) is 7.02. The largest absolute Gasteiger partial charge is 0.482 e. The van der Waals surface area contributed by atoms with Gasteiger partial charge in [-0.15, -0.1) is 11.3 Å². The lowest BCUT2D eigenvalue weighted by Gasteiger charge is -2.26. The topological polar surface area (TPSA) is 75.9 Å².